The van der Waals surface area contributed by atoms with Gasteiger partial charge >= 0.3 is 11.8 Å². The Morgan fingerprint density at radius 3 is 1.58 bits per heavy atom. The van der Waals surface area contributed by atoms with Crippen molar-refractivity contribution in [1.82, 2.24) is 0 Å². The molecular weight excluding hydrogens is 302 g/mol. The van der Waals surface area contributed by atoms with E-state index in [1.807, 2.05) is 43.3 Å². The molecule has 5 nitrogen and oxygen atoms in total. The van der Waals surface area contributed by atoms with Gasteiger partial charge < -0.3 is 15.5 Å². The molecule has 0 saturated carbocycles. The first kappa shape index (κ1) is 17.5. The highest BCUT2D eigenvalue weighted by molar-refractivity contribution is 6.43. The Morgan fingerprint density at radius 2 is 1.21 bits per heavy atom. The van der Waals surface area contributed by atoms with E-state index >= 15 is 0 Å². The molecule has 0 fully saturated rings. The van der Waals surface area contributed by atoms with Crippen molar-refractivity contribution in [2.24, 2.45) is 0 Å². The fraction of sp³-hybridized carbons (Fsp3) is 0.263. The summed E-state index contributed by atoms with van der Waals surface area (Å²) in [6.45, 7) is 4.20. The van der Waals surface area contributed by atoms with E-state index in [9.17, 15) is 9.59 Å². The lowest BCUT2D eigenvalue weighted by atomic mass is 10.0. The Labute approximate surface area is 142 Å². The standard InChI is InChI=1S/C19H23N3O2/c1-13(2)14-5-7-15(8-6-14)20-18(23)19(24)21-16-9-11-17(12-10-16)22(3)4/h5-13H,1-4H3,(H,20,23)(H,21,24). The summed E-state index contributed by atoms with van der Waals surface area (Å²) in [4.78, 5) is 25.9. The first-order valence-electron chi connectivity index (χ1n) is 7.86. The molecule has 2 aromatic rings. The SMILES string of the molecule is CC(C)c1ccc(NC(=O)C(=O)Nc2ccc(N(C)C)cc2)cc1. The quantitative estimate of drug-likeness (QED) is 0.846. The minimum Gasteiger partial charge on any atom is -0.378 e. The predicted molar refractivity (Wildman–Crippen MR) is 98.6 cm³/mol. The molecule has 0 unspecified atom stereocenters. The Hall–Kier alpha value is -2.82. The number of anilines is 3. The Morgan fingerprint density at radius 1 is 0.792 bits per heavy atom. The summed E-state index contributed by atoms with van der Waals surface area (Å²) < 4.78 is 0. The van der Waals surface area contributed by atoms with Gasteiger partial charge in [0.2, 0.25) is 0 Å². The third kappa shape index (κ3) is 4.59. The lowest BCUT2D eigenvalue weighted by molar-refractivity contribution is -0.132. The van der Waals surface area contributed by atoms with Crippen LogP contribution in [0.5, 0.6) is 0 Å². The molecule has 0 heterocycles. The molecule has 0 aliphatic rings. The van der Waals surface area contributed by atoms with Gasteiger partial charge in [0.05, 0.1) is 0 Å². The van der Waals surface area contributed by atoms with E-state index in [0.717, 1.165) is 5.69 Å². The number of carbonyl (C=O) groups excluding carboxylic acids is 2. The molecular formula is C19H23N3O2. The zero-order valence-electron chi connectivity index (χ0n) is 14.5. The highest BCUT2D eigenvalue weighted by atomic mass is 16.2. The molecule has 0 aliphatic carbocycles. The molecule has 2 amide bonds. The molecule has 0 radical (unpaired) electrons. The Balaban J connectivity index is 1.95. The third-order valence-electron chi connectivity index (χ3n) is 3.68. The summed E-state index contributed by atoms with van der Waals surface area (Å²) in [5, 5.41) is 5.19. The average Bonchev–Trinajstić information content (AvgIpc) is 2.55. The van der Waals surface area contributed by atoms with E-state index in [0.29, 0.717) is 17.3 Å². The van der Waals surface area contributed by atoms with Gasteiger partial charge in [-0.3, -0.25) is 9.59 Å². The van der Waals surface area contributed by atoms with E-state index in [-0.39, 0.29) is 0 Å². The number of carbonyl (C=O) groups is 2. The molecule has 24 heavy (non-hydrogen) atoms. The molecule has 5 heteroatoms. The number of hydrogen-bond acceptors (Lipinski definition) is 3. The largest absolute Gasteiger partial charge is 0.378 e. The third-order valence-corrected chi connectivity index (χ3v) is 3.68. The zero-order valence-corrected chi connectivity index (χ0v) is 14.5. The first-order valence-corrected chi connectivity index (χ1v) is 7.86. The van der Waals surface area contributed by atoms with Crippen LogP contribution in [0, 0.1) is 0 Å². The van der Waals surface area contributed by atoms with Crippen LogP contribution >= 0.6 is 0 Å². The van der Waals surface area contributed by atoms with Crippen molar-refractivity contribution in [3.63, 3.8) is 0 Å². The van der Waals surface area contributed by atoms with E-state index < -0.39 is 11.8 Å². The average molecular weight is 325 g/mol. The second-order valence-electron chi connectivity index (χ2n) is 6.13. The molecule has 0 aliphatic heterocycles. The molecule has 126 valence electrons. The molecule has 2 rings (SSSR count). The van der Waals surface area contributed by atoms with Gasteiger partial charge in [0.25, 0.3) is 0 Å². The number of amides is 2. The van der Waals surface area contributed by atoms with Crippen molar-refractivity contribution in [2.75, 3.05) is 29.6 Å². The van der Waals surface area contributed by atoms with Gasteiger partial charge in [-0.05, 0) is 47.9 Å². The first-order chi connectivity index (χ1) is 11.4. The van der Waals surface area contributed by atoms with Gasteiger partial charge in [0.1, 0.15) is 0 Å². The zero-order chi connectivity index (χ0) is 17.7. The van der Waals surface area contributed by atoms with Crippen molar-refractivity contribution in [3.8, 4) is 0 Å². The maximum atomic E-state index is 12.0. The fourth-order valence-corrected chi connectivity index (χ4v) is 2.17. The van der Waals surface area contributed by atoms with Crippen LogP contribution in [0.25, 0.3) is 0 Å². The van der Waals surface area contributed by atoms with Gasteiger partial charge in [-0.15, -0.1) is 0 Å². The molecule has 2 N–H and O–H groups in total. The molecule has 0 bridgehead atoms. The predicted octanol–water partition coefficient (Wildman–Crippen LogP) is 3.45. The normalized spacial score (nSPS) is 10.4. The maximum absolute atomic E-state index is 12.0. The summed E-state index contributed by atoms with van der Waals surface area (Å²) >= 11 is 0. The highest BCUT2D eigenvalue weighted by Crippen LogP contribution is 2.18. The van der Waals surface area contributed by atoms with Crippen LogP contribution in [0.2, 0.25) is 0 Å². The number of nitrogens with one attached hydrogen (secondary N) is 2. The van der Waals surface area contributed by atoms with Crippen LogP contribution in [-0.2, 0) is 9.59 Å². The summed E-state index contributed by atoms with van der Waals surface area (Å²) in [7, 11) is 3.87. The topological polar surface area (TPSA) is 61.4 Å². The summed E-state index contributed by atoms with van der Waals surface area (Å²) in [5.41, 5.74) is 3.37. The van der Waals surface area contributed by atoms with E-state index in [1.54, 1.807) is 24.3 Å². The number of hydrogen-bond donors (Lipinski definition) is 2. The van der Waals surface area contributed by atoms with Crippen molar-refractivity contribution >= 4 is 28.9 Å². The molecule has 2 aromatic carbocycles. The van der Waals surface area contributed by atoms with E-state index in [1.165, 1.54) is 5.56 Å². The monoisotopic (exact) mass is 325 g/mol. The minimum absolute atomic E-state index is 0.420. The number of benzene rings is 2. The highest BCUT2D eigenvalue weighted by Gasteiger charge is 2.14. The minimum atomic E-state index is -0.694. The summed E-state index contributed by atoms with van der Waals surface area (Å²) in [6, 6.07) is 14.8. The van der Waals surface area contributed by atoms with Gasteiger partial charge in [0.15, 0.2) is 0 Å². The van der Waals surface area contributed by atoms with Crippen LogP contribution in [-0.4, -0.2) is 25.9 Å². The van der Waals surface area contributed by atoms with Gasteiger partial charge in [0, 0.05) is 31.2 Å². The van der Waals surface area contributed by atoms with Gasteiger partial charge in [-0.2, -0.15) is 0 Å². The fourth-order valence-electron chi connectivity index (χ4n) is 2.17. The summed E-state index contributed by atoms with van der Waals surface area (Å²) in [6.07, 6.45) is 0. The van der Waals surface area contributed by atoms with Crippen LogP contribution in [0.1, 0.15) is 25.3 Å². The second-order valence-corrected chi connectivity index (χ2v) is 6.13. The molecule has 0 atom stereocenters. The van der Waals surface area contributed by atoms with E-state index in [4.69, 9.17) is 0 Å². The lowest BCUT2D eigenvalue weighted by Crippen LogP contribution is -2.29. The lowest BCUT2D eigenvalue weighted by Gasteiger charge is -2.13. The second kappa shape index (κ2) is 7.64. The number of nitrogens with zero attached hydrogens (tertiary/aromatic N) is 1. The molecule has 0 aromatic heterocycles. The number of rotatable bonds is 4. The van der Waals surface area contributed by atoms with E-state index in [2.05, 4.69) is 24.5 Å². The Kier molecular flexibility index (Phi) is 5.58. The smallest absolute Gasteiger partial charge is 0.314 e. The van der Waals surface area contributed by atoms with Crippen molar-refractivity contribution in [2.45, 2.75) is 19.8 Å². The van der Waals surface area contributed by atoms with Crippen LogP contribution in [0.15, 0.2) is 48.5 Å². The van der Waals surface area contributed by atoms with Crippen LogP contribution in [0.4, 0.5) is 17.1 Å². The molecule has 0 spiro atoms. The van der Waals surface area contributed by atoms with Crippen molar-refractivity contribution in [3.05, 3.63) is 54.1 Å². The van der Waals surface area contributed by atoms with Crippen LogP contribution < -0.4 is 15.5 Å². The van der Waals surface area contributed by atoms with Crippen molar-refractivity contribution < 1.29 is 9.59 Å². The van der Waals surface area contributed by atoms with Gasteiger partial charge in [-0.25, -0.2) is 0 Å². The summed E-state index contributed by atoms with van der Waals surface area (Å²) in [5.74, 6) is -0.965. The van der Waals surface area contributed by atoms with Gasteiger partial charge in [-0.1, -0.05) is 26.0 Å². The maximum Gasteiger partial charge on any atom is 0.314 e. The van der Waals surface area contributed by atoms with Crippen molar-refractivity contribution in [1.29, 1.82) is 0 Å². The van der Waals surface area contributed by atoms with Crippen LogP contribution in [0.3, 0.4) is 0 Å². The molecule has 0 saturated heterocycles. The Bertz CT molecular complexity index is 641.